The zero-order valence-electron chi connectivity index (χ0n) is 14.8. The van der Waals surface area contributed by atoms with Crippen LogP contribution in [0, 0.1) is 0 Å². The molecular weight excluding hydrogens is 344 g/mol. The van der Waals surface area contributed by atoms with Gasteiger partial charge in [0.25, 0.3) is 0 Å². The molecule has 1 atom stereocenters. The molecule has 0 aliphatic carbocycles. The molecule has 0 amide bonds. The van der Waals surface area contributed by atoms with Gasteiger partial charge in [-0.2, -0.15) is 0 Å². The van der Waals surface area contributed by atoms with Crippen LogP contribution in [0.1, 0.15) is 0 Å². The van der Waals surface area contributed by atoms with Crippen molar-refractivity contribution in [1.82, 2.24) is 0 Å². The lowest BCUT2D eigenvalue weighted by molar-refractivity contribution is 0.325. The zero-order valence-corrected chi connectivity index (χ0v) is 15.7. The van der Waals surface area contributed by atoms with Gasteiger partial charge in [-0.1, -0.05) is 0 Å². The Hall–Kier alpha value is -2.61. The van der Waals surface area contributed by atoms with Crippen molar-refractivity contribution in [2.75, 3.05) is 45.5 Å². The summed E-state index contributed by atoms with van der Waals surface area (Å²) in [5.74, 6) is 2.11. The first-order valence-corrected chi connectivity index (χ1v) is 8.57. The summed E-state index contributed by atoms with van der Waals surface area (Å²) in [6, 6.07) is 8.65. The second-order valence-corrected chi connectivity index (χ2v) is 6.11. The Balaban J connectivity index is 2.31. The smallest absolute Gasteiger partial charge is 0.203 e. The minimum absolute atomic E-state index is 0.475. The number of hydrogen-bond acceptors (Lipinski definition) is 6. The first-order valence-electron chi connectivity index (χ1n) is 7.42. The maximum Gasteiger partial charge on any atom is 0.203 e. The molecule has 25 heavy (non-hydrogen) atoms. The van der Waals surface area contributed by atoms with Crippen molar-refractivity contribution in [3.05, 3.63) is 30.3 Å². The van der Waals surface area contributed by atoms with Gasteiger partial charge < -0.3 is 29.0 Å². The van der Waals surface area contributed by atoms with Crippen molar-refractivity contribution in [2.24, 2.45) is 0 Å². The third-order valence-electron chi connectivity index (χ3n) is 3.53. The van der Waals surface area contributed by atoms with E-state index in [1.807, 2.05) is 0 Å². The van der Waals surface area contributed by atoms with Crippen LogP contribution in [0.15, 0.2) is 35.2 Å². The second-order valence-electron chi connectivity index (χ2n) is 4.90. The molecule has 0 heterocycles. The van der Waals surface area contributed by atoms with E-state index >= 15 is 0 Å². The lowest BCUT2D eigenvalue weighted by Gasteiger charge is -2.15. The molecule has 0 saturated heterocycles. The zero-order chi connectivity index (χ0) is 18.4. The quantitative estimate of drug-likeness (QED) is 0.748. The number of hydrogen-bond donors (Lipinski definition) is 2. The van der Waals surface area contributed by atoms with E-state index < -0.39 is 11.0 Å². The number of rotatable bonds is 8. The van der Waals surface area contributed by atoms with Gasteiger partial charge in [-0.05, 0) is 18.2 Å². The Morgan fingerprint density at radius 3 is 1.92 bits per heavy atom. The lowest BCUT2D eigenvalue weighted by atomic mass is 10.2. The van der Waals surface area contributed by atoms with Gasteiger partial charge in [0.05, 0.1) is 44.7 Å². The highest BCUT2D eigenvalue weighted by Gasteiger charge is 2.15. The third-order valence-corrected chi connectivity index (χ3v) is 4.63. The molecule has 0 aliphatic heterocycles. The predicted molar refractivity (Wildman–Crippen MR) is 98.7 cm³/mol. The number of anilines is 2. The van der Waals surface area contributed by atoms with Crippen molar-refractivity contribution in [2.45, 2.75) is 4.90 Å². The van der Waals surface area contributed by atoms with Crippen LogP contribution in [0.5, 0.6) is 23.0 Å². The van der Waals surface area contributed by atoms with E-state index in [2.05, 4.69) is 10.0 Å². The average molecular weight is 366 g/mol. The van der Waals surface area contributed by atoms with Crippen molar-refractivity contribution in [1.29, 1.82) is 0 Å². The minimum Gasteiger partial charge on any atom is -0.495 e. The monoisotopic (exact) mass is 366 g/mol. The lowest BCUT2D eigenvalue weighted by Crippen LogP contribution is -2.06. The molecule has 2 rings (SSSR count). The fourth-order valence-corrected chi connectivity index (χ4v) is 3.17. The second kappa shape index (κ2) is 8.48. The molecule has 2 aromatic rings. The Kier molecular flexibility index (Phi) is 6.35. The Bertz CT molecular complexity index is 742. The summed E-state index contributed by atoms with van der Waals surface area (Å²) in [4.78, 5) is 0.596. The molecule has 0 spiro atoms. The normalized spacial score (nSPS) is 11.4. The SMILES string of the molecule is CNc1cc(S(=O)Nc2cc(OC)c(OC)c(OC)c2)ccc1OC. The van der Waals surface area contributed by atoms with Crippen molar-refractivity contribution >= 4 is 22.4 Å². The van der Waals surface area contributed by atoms with Crippen LogP contribution < -0.4 is 29.0 Å². The Morgan fingerprint density at radius 1 is 0.840 bits per heavy atom. The third kappa shape index (κ3) is 4.08. The van der Waals surface area contributed by atoms with E-state index in [9.17, 15) is 4.21 Å². The summed E-state index contributed by atoms with van der Waals surface area (Å²) >= 11 is 0. The summed E-state index contributed by atoms with van der Waals surface area (Å²) in [6.07, 6.45) is 0. The van der Waals surface area contributed by atoms with Crippen molar-refractivity contribution in [3.63, 3.8) is 0 Å². The van der Waals surface area contributed by atoms with Crippen LogP contribution in [-0.4, -0.2) is 39.7 Å². The first kappa shape index (κ1) is 18.7. The van der Waals surface area contributed by atoms with Crippen LogP contribution in [0.4, 0.5) is 11.4 Å². The number of methoxy groups -OCH3 is 4. The van der Waals surface area contributed by atoms with E-state index in [4.69, 9.17) is 18.9 Å². The van der Waals surface area contributed by atoms with E-state index in [0.29, 0.717) is 33.6 Å². The van der Waals surface area contributed by atoms with Gasteiger partial charge >= 0.3 is 0 Å². The summed E-state index contributed by atoms with van der Waals surface area (Å²) in [7, 11) is 6.46. The van der Waals surface area contributed by atoms with E-state index in [1.54, 1.807) is 44.5 Å². The number of ether oxygens (including phenoxy) is 4. The molecule has 0 bridgehead atoms. The van der Waals surface area contributed by atoms with E-state index in [1.165, 1.54) is 21.3 Å². The summed E-state index contributed by atoms with van der Waals surface area (Å²) in [5.41, 5.74) is 1.33. The average Bonchev–Trinajstić information content (AvgIpc) is 2.66. The summed E-state index contributed by atoms with van der Waals surface area (Å²) in [5, 5.41) is 3.01. The first-order chi connectivity index (χ1) is 12.1. The van der Waals surface area contributed by atoms with Gasteiger partial charge in [-0.15, -0.1) is 0 Å². The highest BCUT2D eigenvalue weighted by atomic mass is 32.2. The fourth-order valence-electron chi connectivity index (χ4n) is 2.30. The van der Waals surface area contributed by atoms with Gasteiger partial charge in [0, 0.05) is 19.2 Å². The highest BCUT2D eigenvalue weighted by molar-refractivity contribution is 7.86. The largest absolute Gasteiger partial charge is 0.495 e. The van der Waals surface area contributed by atoms with Crippen LogP contribution in [-0.2, 0) is 11.0 Å². The van der Waals surface area contributed by atoms with Crippen LogP contribution in [0.2, 0.25) is 0 Å². The molecule has 7 nitrogen and oxygen atoms in total. The van der Waals surface area contributed by atoms with Crippen molar-refractivity contribution in [3.8, 4) is 23.0 Å². The van der Waals surface area contributed by atoms with Gasteiger partial charge in [0.1, 0.15) is 16.7 Å². The fraction of sp³-hybridized carbons (Fsp3) is 0.294. The number of benzene rings is 2. The van der Waals surface area contributed by atoms with Crippen LogP contribution in [0.3, 0.4) is 0 Å². The molecule has 8 heteroatoms. The summed E-state index contributed by atoms with van der Waals surface area (Å²) < 4.78 is 36.7. The maximum atomic E-state index is 12.7. The molecule has 0 aromatic heterocycles. The van der Waals surface area contributed by atoms with Gasteiger partial charge in [0.2, 0.25) is 5.75 Å². The Morgan fingerprint density at radius 2 is 1.44 bits per heavy atom. The molecule has 1 unspecified atom stereocenters. The van der Waals surface area contributed by atoms with Gasteiger partial charge in [0.15, 0.2) is 11.5 Å². The molecular formula is C17H22N2O5S. The van der Waals surface area contributed by atoms with Gasteiger partial charge in [-0.25, -0.2) is 4.21 Å². The van der Waals surface area contributed by atoms with Crippen molar-refractivity contribution < 1.29 is 23.2 Å². The molecule has 136 valence electrons. The number of nitrogens with one attached hydrogen (secondary N) is 2. The highest BCUT2D eigenvalue weighted by Crippen LogP contribution is 2.40. The maximum absolute atomic E-state index is 12.7. The summed E-state index contributed by atoms with van der Waals surface area (Å²) in [6.45, 7) is 0. The Labute approximate surface area is 149 Å². The van der Waals surface area contributed by atoms with E-state index in [-0.39, 0.29) is 0 Å². The minimum atomic E-state index is -1.48. The molecule has 0 saturated carbocycles. The molecule has 0 aliphatic rings. The predicted octanol–water partition coefficient (Wildman–Crippen LogP) is 2.90. The molecule has 2 aromatic carbocycles. The molecule has 0 fully saturated rings. The van der Waals surface area contributed by atoms with Gasteiger partial charge in [-0.3, -0.25) is 0 Å². The molecule has 0 radical (unpaired) electrons. The standard InChI is InChI=1S/C17H22N2O5S/c1-18-13-10-12(6-7-14(13)21-2)25(20)19-11-8-15(22-3)17(24-5)16(9-11)23-4/h6-10,18-19H,1-5H3. The topological polar surface area (TPSA) is 78.1 Å². The van der Waals surface area contributed by atoms with Crippen LogP contribution >= 0.6 is 0 Å². The van der Waals surface area contributed by atoms with Crippen LogP contribution in [0.25, 0.3) is 0 Å². The molecule has 2 N–H and O–H groups in total. The van der Waals surface area contributed by atoms with E-state index in [0.717, 1.165) is 5.69 Å².